The van der Waals surface area contributed by atoms with Gasteiger partial charge in [-0.15, -0.1) is 46.5 Å². The minimum Gasteiger partial charge on any atom is -0.174 e. The molecule has 4 aromatic carbocycles. The molecular formula is C28H20Co. The zero-order chi connectivity index (χ0) is 19.0. The molecule has 1 heteroatoms. The summed E-state index contributed by atoms with van der Waals surface area (Å²) >= 11 is 0. The Balaban J connectivity index is 0.00000240. The molecule has 0 bridgehead atoms. The molecule has 4 aromatic rings. The molecule has 0 aliphatic carbocycles. The minimum atomic E-state index is 0. The minimum absolute atomic E-state index is 0. The second-order valence-electron chi connectivity index (χ2n) is 6.46. The Hall–Kier alpha value is -3.13. The van der Waals surface area contributed by atoms with E-state index in [0.717, 1.165) is 33.4 Å². The van der Waals surface area contributed by atoms with E-state index in [1.165, 1.54) is 0 Å². The van der Waals surface area contributed by atoms with Gasteiger partial charge in [0.05, 0.1) is 0 Å². The molecule has 1 radical (unpaired) electrons. The maximum atomic E-state index is 3.63. The molecule has 0 aliphatic rings. The molecule has 0 saturated heterocycles. The first-order valence-electron chi connectivity index (χ1n) is 9.39. The monoisotopic (exact) mass is 415 g/mol. The first kappa shape index (κ1) is 20.6. The van der Waals surface area contributed by atoms with Gasteiger partial charge < -0.3 is 0 Å². The van der Waals surface area contributed by atoms with Crippen LogP contribution in [0, 0.1) is 12.2 Å². The molecule has 29 heavy (non-hydrogen) atoms. The van der Waals surface area contributed by atoms with Crippen LogP contribution in [-0.4, -0.2) is 0 Å². The van der Waals surface area contributed by atoms with Gasteiger partial charge in [-0.3, -0.25) is 0 Å². The average Bonchev–Trinajstić information content (AvgIpc) is 2.79. The number of hydrogen-bond donors (Lipinski definition) is 0. The summed E-state index contributed by atoms with van der Waals surface area (Å²) in [5, 5.41) is 0. The predicted octanol–water partition coefficient (Wildman–Crippen LogP) is 6.85. The molecule has 0 saturated carbocycles. The van der Waals surface area contributed by atoms with Gasteiger partial charge in [-0.25, -0.2) is 0 Å². The zero-order valence-corrected chi connectivity index (χ0v) is 16.9. The van der Waals surface area contributed by atoms with Crippen LogP contribution < -0.4 is 0 Å². The average molecular weight is 415 g/mol. The van der Waals surface area contributed by atoms with Gasteiger partial charge in [0.25, 0.3) is 0 Å². The fourth-order valence-corrected chi connectivity index (χ4v) is 3.10. The molecule has 0 heterocycles. The van der Waals surface area contributed by atoms with Crippen molar-refractivity contribution in [3.8, 4) is 0 Å². The summed E-state index contributed by atoms with van der Waals surface area (Å²) in [7, 11) is 0. The van der Waals surface area contributed by atoms with E-state index in [0.29, 0.717) is 0 Å². The van der Waals surface area contributed by atoms with Gasteiger partial charge in [-0.2, -0.15) is 23.3 Å². The van der Waals surface area contributed by atoms with Gasteiger partial charge >= 0.3 is 16.8 Å². The molecule has 4 rings (SSSR count). The van der Waals surface area contributed by atoms with Crippen molar-refractivity contribution >= 4 is 11.1 Å². The Labute approximate surface area is 183 Å². The van der Waals surface area contributed by atoms with Crippen LogP contribution in [0.3, 0.4) is 0 Å². The van der Waals surface area contributed by atoms with Gasteiger partial charge in [0.15, 0.2) is 0 Å². The van der Waals surface area contributed by atoms with Crippen LogP contribution in [0.25, 0.3) is 11.1 Å². The van der Waals surface area contributed by atoms with Gasteiger partial charge in [-0.05, 0) is 0 Å². The largest absolute Gasteiger partial charge is 2.00 e. The van der Waals surface area contributed by atoms with Gasteiger partial charge in [-0.1, -0.05) is 97.1 Å². The van der Waals surface area contributed by atoms with Crippen LogP contribution >= 0.6 is 0 Å². The van der Waals surface area contributed by atoms with E-state index in [4.69, 9.17) is 0 Å². The standard InChI is InChI=1S/C28H20.Co/c1-5-13-23(14-6-1)21-27(25-17-9-3-10-18-25)28(26-19-11-4-12-20-26)22-24-15-7-2-8-16-24;/h1-20H;/q-2;+2. The summed E-state index contributed by atoms with van der Waals surface area (Å²) in [6, 6.07) is 41.3. The van der Waals surface area contributed by atoms with Crippen molar-refractivity contribution in [1.29, 1.82) is 0 Å². The molecule has 0 fully saturated rings. The normalized spacial score (nSPS) is 11.6. The molecule has 0 aliphatic heterocycles. The summed E-state index contributed by atoms with van der Waals surface area (Å²) in [6.07, 6.45) is 7.26. The fourth-order valence-electron chi connectivity index (χ4n) is 3.10. The van der Waals surface area contributed by atoms with E-state index in [1.54, 1.807) is 0 Å². The molecule has 0 N–H and O–H groups in total. The van der Waals surface area contributed by atoms with Crippen molar-refractivity contribution in [2.45, 2.75) is 0 Å². The van der Waals surface area contributed by atoms with Crippen LogP contribution in [0.4, 0.5) is 0 Å². The van der Waals surface area contributed by atoms with Gasteiger partial charge in [0.2, 0.25) is 0 Å². The molecule has 0 spiro atoms. The van der Waals surface area contributed by atoms with Gasteiger partial charge in [0, 0.05) is 0 Å². The SMILES string of the molecule is [C-](=C(C(=[C-]c1ccccc1)c1ccccc1)c1ccccc1)c1ccccc1.[Co+2]. The van der Waals surface area contributed by atoms with Crippen LogP contribution in [0.2, 0.25) is 0 Å². The maximum Gasteiger partial charge on any atom is 2.00 e. The topological polar surface area (TPSA) is 0 Å². The second kappa shape index (κ2) is 10.4. The number of allylic oxidation sites excluding steroid dienone is 2. The second-order valence-corrected chi connectivity index (χ2v) is 6.46. The van der Waals surface area contributed by atoms with E-state index >= 15 is 0 Å². The molecule has 0 nitrogen and oxygen atoms in total. The quantitative estimate of drug-likeness (QED) is 0.190. The first-order chi connectivity index (χ1) is 13.9. The van der Waals surface area contributed by atoms with Gasteiger partial charge in [0.1, 0.15) is 0 Å². The van der Waals surface area contributed by atoms with E-state index in [9.17, 15) is 0 Å². The molecule has 0 amide bonds. The van der Waals surface area contributed by atoms with E-state index < -0.39 is 0 Å². The molecule has 0 unspecified atom stereocenters. The van der Waals surface area contributed by atoms with Crippen molar-refractivity contribution in [2.24, 2.45) is 0 Å². The summed E-state index contributed by atoms with van der Waals surface area (Å²) in [4.78, 5) is 0. The van der Waals surface area contributed by atoms with Crippen LogP contribution in [-0.2, 0) is 16.8 Å². The van der Waals surface area contributed by atoms with Crippen molar-refractivity contribution in [3.05, 3.63) is 156 Å². The Bertz CT molecular complexity index is 973. The Morgan fingerprint density at radius 3 is 0.966 bits per heavy atom. The molecule has 0 atom stereocenters. The fraction of sp³-hybridized carbons (Fsp3) is 0. The molecular weight excluding hydrogens is 395 g/mol. The third-order valence-corrected chi connectivity index (χ3v) is 4.46. The Morgan fingerprint density at radius 2 is 0.655 bits per heavy atom. The van der Waals surface area contributed by atoms with E-state index in [-0.39, 0.29) is 16.8 Å². The predicted molar refractivity (Wildman–Crippen MR) is 117 cm³/mol. The summed E-state index contributed by atoms with van der Waals surface area (Å²) in [5.74, 6) is 0. The Kier molecular flexibility index (Phi) is 7.40. The van der Waals surface area contributed by atoms with E-state index in [1.807, 2.05) is 48.5 Å². The summed E-state index contributed by atoms with van der Waals surface area (Å²) in [5.41, 5.74) is 6.39. The van der Waals surface area contributed by atoms with Crippen LogP contribution in [0.1, 0.15) is 22.3 Å². The number of benzene rings is 4. The van der Waals surface area contributed by atoms with Crippen molar-refractivity contribution < 1.29 is 16.8 Å². The van der Waals surface area contributed by atoms with Crippen LogP contribution in [0.15, 0.2) is 121 Å². The third kappa shape index (κ3) is 5.44. The van der Waals surface area contributed by atoms with Crippen LogP contribution in [0.5, 0.6) is 0 Å². The molecule has 141 valence electrons. The van der Waals surface area contributed by atoms with E-state index in [2.05, 4.69) is 84.9 Å². The zero-order valence-electron chi connectivity index (χ0n) is 15.9. The summed E-state index contributed by atoms with van der Waals surface area (Å²) in [6.45, 7) is 0. The van der Waals surface area contributed by atoms with Crippen molar-refractivity contribution in [3.63, 3.8) is 0 Å². The third-order valence-electron chi connectivity index (χ3n) is 4.46. The molecule has 0 aromatic heterocycles. The van der Waals surface area contributed by atoms with Crippen molar-refractivity contribution in [2.75, 3.05) is 0 Å². The van der Waals surface area contributed by atoms with Crippen molar-refractivity contribution in [1.82, 2.24) is 0 Å². The number of rotatable bonds is 5. The number of hydrogen-bond acceptors (Lipinski definition) is 0. The first-order valence-corrected chi connectivity index (χ1v) is 9.39. The summed E-state index contributed by atoms with van der Waals surface area (Å²) < 4.78 is 0. The smallest absolute Gasteiger partial charge is 0.174 e. The maximum absolute atomic E-state index is 3.63. The Morgan fingerprint density at radius 1 is 0.379 bits per heavy atom.